The van der Waals surface area contributed by atoms with Gasteiger partial charge in [-0.05, 0) is 42.0 Å². The second-order valence-corrected chi connectivity index (χ2v) is 7.73. The van der Waals surface area contributed by atoms with E-state index in [-0.39, 0.29) is 17.9 Å². The zero-order valence-corrected chi connectivity index (χ0v) is 18.1. The second kappa shape index (κ2) is 10.1. The molecular weight excluding hydrogens is 402 g/mol. The smallest absolute Gasteiger partial charge is 0.327 e. The molecule has 164 valence electrons. The van der Waals surface area contributed by atoms with E-state index in [2.05, 4.69) is 15.1 Å². The number of amides is 1. The van der Waals surface area contributed by atoms with Crippen LogP contribution >= 0.6 is 0 Å². The Morgan fingerprint density at radius 1 is 0.812 bits per heavy atom. The molecule has 3 aromatic rings. The molecule has 6 nitrogen and oxygen atoms in total. The number of carbonyl (C=O) groups excluding carboxylic acids is 2. The molecule has 1 unspecified atom stereocenters. The molecular formula is C26H27N3O3. The van der Waals surface area contributed by atoms with Crippen LogP contribution in [0.2, 0.25) is 0 Å². The molecule has 0 saturated carbocycles. The highest BCUT2D eigenvalue weighted by Crippen LogP contribution is 2.26. The Labute approximate surface area is 188 Å². The van der Waals surface area contributed by atoms with Crippen LogP contribution in [0.3, 0.4) is 0 Å². The number of nitrogens with zero attached hydrogens (tertiary/aromatic N) is 2. The van der Waals surface area contributed by atoms with Crippen LogP contribution in [-0.2, 0) is 9.53 Å². The van der Waals surface area contributed by atoms with Gasteiger partial charge in [-0.15, -0.1) is 0 Å². The van der Waals surface area contributed by atoms with E-state index in [1.54, 1.807) is 12.1 Å². The van der Waals surface area contributed by atoms with Gasteiger partial charge in [-0.1, -0.05) is 48.5 Å². The van der Waals surface area contributed by atoms with Crippen molar-refractivity contribution >= 4 is 23.3 Å². The number of methoxy groups -OCH3 is 1. The van der Waals surface area contributed by atoms with E-state index in [1.165, 1.54) is 7.11 Å². The first-order valence-corrected chi connectivity index (χ1v) is 10.7. The highest BCUT2D eigenvalue weighted by molar-refractivity contribution is 6.04. The van der Waals surface area contributed by atoms with Gasteiger partial charge in [-0.2, -0.15) is 0 Å². The third-order valence-electron chi connectivity index (χ3n) is 5.75. The van der Waals surface area contributed by atoms with Crippen LogP contribution in [0.15, 0.2) is 84.9 Å². The summed E-state index contributed by atoms with van der Waals surface area (Å²) in [4.78, 5) is 29.3. The molecule has 1 amide bonds. The molecule has 1 aliphatic rings. The summed E-state index contributed by atoms with van der Waals surface area (Å²) < 4.78 is 5.08. The van der Waals surface area contributed by atoms with Crippen LogP contribution in [0.4, 0.5) is 11.4 Å². The number of nitrogens with one attached hydrogen (secondary N) is 1. The van der Waals surface area contributed by atoms with Gasteiger partial charge in [0.05, 0.1) is 7.11 Å². The molecule has 1 saturated heterocycles. The molecule has 1 fully saturated rings. The summed E-state index contributed by atoms with van der Waals surface area (Å²) >= 11 is 0. The van der Waals surface area contributed by atoms with E-state index in [1.807, 2.05) is 72.8 Å². The minimum Gasteiger partial charge on any atom is -0.468 e. The quantitative estimate of drug-likeness (QED) is 0.601. The van der Waals surface area contributed by atoms with Crippen LogP contribution in [0.5, 0.6) is 0 Å². The number of hydrogen-bond acceptors (Lipinski definition) is 5. The van der Waals surface area contributed by atoms with E-state index in [9.17, 15) is 9.59 Å². The molecule has 3 aromatic carbocycles. The third-order valence-corrected chi connectivity index (χ3v) is 5.75. The van der Waals surface area contributed by atoms with Crippen molar-refractivity contribution in [2.24, 2.45) is 0 Å². The maximum Gasteiger partial charge on any atom is 0.327 e. The van der Waals surface area contributed by atoms with Gasteiger partial charge in [0.2, 0.25) is 0 Å². The molecule has 32 heavy (non-hydrogen) atoms. The number of esters is 1. The predicted molar refractivity (Wildman–Crippen MR) is 126 cm³/mol. The van der Waals surface area contributed by atoms with E-state index < -0.39 is 0 Å². The molecule has 1 aliphatic heterocycles. The van der Waals surface area contributed by atoms with Crippen molar-refractivity contribution < 1.29 is 14.3 Å². The SMILES string of the molecule is COC(=O)C(c1ccccc1)N1CCN(c2ccc(NC(=O)c3ccccc3)cc2)CC1. The van der Waals surface area contributed by atoms with Crippen molar-refractivity contribution in [1.29, 1.82) is 0 Å². The van der Waals surface area contributed by atoms with Crippen LogP contribution in [0.1, 0.15) is 22.0 Å². The zero-order valence-electron chi connectivity index (χ0n) is 18.1. The summed E-state index contributed by atoms with van der Waals surface area (Å²) in [7, 11) is 1.44. The summed E-state index contributed by atoms with van der Waals surface area (Å²) in [6, 6.07) is 26.4. The fraction of sp³-hybridized carbons (Fsp3) is 0.231. The fourth-order valence-electron chi connectivity index (χ4n) is 4.03. The summed E-state index contributed by atoms with van der Waals surface area (Å²) in [5.41, 5.74) is 3.44. The van der Waals surface area contributed by atoms with Crippen molar-refractivity contribution in [3.63, 3.8) is 0 Å². The topological polar surface area (TPSA) is 61.9 Å². The Bertz CT molecular complexity index is 1030. The number of ether oxygens (including phenoxy) is 1. The number of hydrogen-bond donors (Lipinski definition) is 1. The van der Waals surface area contributed by atoms with Crippen molar-refractivity contribution in [3.8, 4) is 0 Å². The van der Waals surface area contributed by atoms with Gasteiger partial charge in [0, 0.05) is 43.1 Å². The monoisotopic (exact) mass is 429 g/mol. The Morgan fingerprint density at radius 3 is 2.00 bits per heavy atom. The van der Waals surface area contributed by atoms with Crippen molar-refractivity contribution in [2.45, 2.75) is 6.04 Å². The Balaban J connectivity index is 1.37. The Kier molecular flexibility index (Phi) is 6.82. The Hall–Kier alpha value is -3.64. The largest absolute Gasteiger partial charge is 0.468 e. The van der Waals surface area contributed by atoms with Gasteiger partial charge in [0.1, 0.15) is 6.04 Å². The maximum atomic E-state index is 12.5. The first kappa shape index (κ1) is 21.6. The standard InChI is InChI=1S/C26H27N3O3/c1-32-26(31)24(20-8-4-2-5-9-20)29-18-16-28(17-19-29)23-14-12-22(13-15-23)27-25(30)21-10-6-3-7-11-21/h2-15,24H,16-19H2,1H3,(H,27,30). The molecule has 1 heterocycles. The summed E-state index contributed by atoms with van der Waals surface area (Å²) in [6.07, 6.45) is 0. The van der Waals surface area contributed by atoms with Gasteiger partial charge in [0.25, 0.3) is 5.91 Å². The fourth-order valence-corrected chi connectivity index (χ4v) is 4.03. The van der Waals surface area contributed by atoms with Crippen LogP contribution < -0.4 is 10.2 Å². The molecule has 0 aliphatic carbocycles. The molecule has 0 aromatic heterocycles. The number of piperazine rings is 1. The number of rotatable bonds is 6. The summed E-state index contributed by atoms with van der Waals surface area (Å²) in [6.45, 7) is 3.11. The van der Waals surface area contributed by atoms with E-state index in [4.69, 9.17) is 4.74 Å². The van der Waals surface area contributed by atoms with Crippen molar-refractivity contribution in [2.75, 3.05) is 43.5 Å². The average molecular weight is 430 g/mol. The van der Waals surface area contributed by atoms with Crippen molar-refractivity contribution in [1.82, 2.24) is 4.90 Å². The first-order valence-electron chi connectivity index (χ1n) is 10.7. The molecule has 1 atom stereocenters. The van der Waals surface area contributed by atoms with Gasteiger partial charge in [-0.25, -0.2) is 4.79 Å². The minimum atomic E-state index is -0.390. The third kappa shape index (κ3) is 4.98. The number of benzene rings is 3. The molecule has 4 rings (SSSR count). The van der Waals surface area contributed by atoms with Gasteiger partial charge < -0.3 is 15.0 Å². The lowest BCUT2D eigenvalue weighted by Crippen LogP contribution is -2.49. The molecule has 0 radical (unpaired) electrons. The maximum absolute atomic E-state index is 12.5. The molecule has 6 heteroatoms. The van der Waals surface area contributed by atoms with Crippen LogP contribution in [0.25, 0.3) is 0 Å². The minimum absolute atomic E-state index is 0.123. The van der Waals surface area contributed by atoms with Crippen LogP contribution in [0, 0.1) is 0 Å². The predicted octanol–water partition coefficient (Wildman–Crippen LogP) is 3.98. The second-order valence-electron chi connectivity index (χ2n) is 7.73. The van der Waals surface area contributed by atoms with E-state index in [0.717, 1.165) is 43.1 Å². The molecule has 0 bridgehead atoms. The number of carbonyl (C=O) groups is 2. The average Bonchev–Trinajstić information content (AvgIpc) is 2.86. The summed E-state index contributed by atoms with van der Waals surface area (Å²) in [5.74, 6) is -0.357. The van der Waals surface area contributed by atoms with Gasteiger partial charge >= 0.3 is 5.97 Å². The highest BCUT2D eigenvalue weighted by Gasteiger charge is 2.31. The lowest BCUT2D eigenvalue weighted by molar-refractivity contribution is -0.147. The van der Waals surface area contributed by atoms with E-state index >= 15 is 0 Å². The first-order chi connectivity index (χ1) is 15.7. The van der Waals surface area contributed by atoms with Crippen molar-refractivity contribution in [3.05, 3.63) is 96.1 Å². The number of anilines is 2. The lowest BCUT2D eigenvalue weighted by Gasteiger charge is -2.39. The highest BCUT2D eigenvalue weighted by atomic mass is 16.5. The van der Waals surface area contributed by atoms with Gasteiger partial charge in [0.15, 0.2) is 0 Å². The lowest BCUT2D eigenvalue weighted by atomic mass is 10.0. The zero-order chi connectivity index (χ0) is 22.3. The van der Waals surface area contributed by atoms with E-state index in [0.29, 0.717) is 5.56 Å². The van der Waals surface area contributed by atoms with Gasteiger partial charge in [-0.3, -0.25) is 9.69 Å². The molecule has 0 spiro atoms. The summed E-state index contributed by atoms with van der Waals surface area (Å²) in [5, 5.41) is 2.93. The Morgan fingerprint density at radius 2 is 1.41 bits per heavy atom. The normalized spacial score (nSPS) is 15.1. The van der Waals surface area contributed by atoms with Crippen LogP contribution in [-0.4, -0.2) is 50.1 Å². The molecule has 1 N–H and O–H groups in total.